The van der Waals surface area contributed by atoms with Crippen molar-refractivity contribution in [3.63, 3.8) is 0 Å². The Morgan fingerprint density at radius 2 is 1.96 bits per heavy atom. The Labute approximate surface area is 143 Å². The molecule has 1 fully saturated rings. The van der Waals surface area contributed by atoms with Crippen LogP contribution in [0.25, 0.3) is 5.69 Å². The van der Waals surface area contributed by atoms with Gasteiger partial charge in [-0.2, -0.15) is 0 Å². The Hall–Kier alpha value is -2.23. The van der Waals surface area contributed by atoms with Gasteiger partial charge in [0.2, 0.25) is 0 Å². The van der Waals surface area contributed by atoms with Gasteiger partial charge in [0.15, 0.2) is 0 Å². The summed E-state index contributed by atoms with van der Waals surface area (Å²) in [7, 11) is 0. The normalized spacial score (nSPS) is 20.4. The zero-order chi connectivity index (χ0) is 16.5. The molecule has 1 saturated carbocycles. The minimum Gasteiger partial charge on any atom is -0.335 e. The fourth-order valence-corrected chi connectivity index (χ4v) is 4.19. The standard InChI is InChI=1S/C20H25N3O/c1-2-17-19-12-7-13-22(19)18-11-6-3-8-15(18)14-23(17)20(24)21-16-9-4-5-10-16/h3,6-8,11-13,16-17H,2,4-5,9-10,14H2,1H3,(H,21,24). The number of nitrogens with one attached hydrogen (secondary N) is 1. The average Bonchev–Trinajstić information content (AvgIpc) is 3.25. The lowest BCUT2D eigenvalue weighted by molar-refractivity contribution is 0.164. The van der Waals surface area contributed by atoms with Crippen molar-refractivity contribution < 1.29 is 4.79 Å². The molecule has 1 unspecified atom stereocenters. The Morgan fingerprint density at radius 1 is 1.17 bits per heavy atom. The van der Waals surface area contributed by atoms with E-state index in [9.17, 15) is 4.79 Å². The molecule has 1 aliphatic heterocycles. The smallest absolute Gasteiger partial charge is 0.318 e. The Bertz CT molecular complexity index is 730. The number of aromatic nitrogens is 1. The van der Waals surface area contributed by atoms with Crippen molar-refractivity contribution in [1.29, 1.82) is 0 Å². The van der Waals surface area contributed by atoms with E-state index >= 15 is 0 Å². The van der Waals surface area contributed by atoms with E-state index in [4.69, 9.17) is 0 Å². The number of carbonyl (C=O) groups excluding carboxylic acids is 1. The second kappa shape index (κ2) is 6.34. The number of fused-ring (bicyclic) bond motifs is 3. The van der Waals surface area contributed by atoms with E-state index in [1.807, 2.05) is 4.90 Å². The zero-order valence-electron chi connectivity index (χ0n) is 14.2. The summed E-state index contributed by atoms with van der Waals surface area (Å²) in [6.07, 6.45) is 7.71. The number of rotatable bonds is 2. The first-order valence-electron chi connectivity index (χ1n) is 9.10. The van der Waals surface area contributed by atoms with Gasteiger partial charge >= 0.3 is 6.03 Å². The number of carbonyl (C=O) groups is 1. The molecule has 0 bridgehead atoms. The van der Waals surface area contributed by atoms with Gasteiger partial charge in [-0.25, -0.2) is 4.79 Å². The van der Waals surface area contributed by atoms with Crippen LogP contribution in [0.5, 0.6) is 0 Å². The van der Waals surface area contributed by atoms with E-state index in [-0.39, 0.29) is 12.1 Å². The molecular weight excluding hydrogens is 298 g/mol. The maximum atomic E-state index is 13.0. The van der Waals surface area contributed by atoms with Crippen LogP contribution >= 0.6 is 0 Å². The second-order valence-electron chi connectivity index (χ2n) is 6.91. The minimum atomic E-state index is 0.0817. The molecule has 0 radical (unpaired) electrons. The quantitative estimate of drug-likeness (QED) is 0.874. The van der Waals surface area contributed by atoms with E-state index in [2.05, 4.69) is 59.4 Å². The minimum absolute atomic E-state index is 0.0817. The highest BCUT2D eigenvalue weighted by Crippen LogP contribution is 2.34. The molecule has 2 aromatic rings. The van der Waals surface area contributed by atoms with Crippen molar-refractivity contribution in [2.75, 3.05) is 0 Å². The molecule has 1 aromatic carbocycles. The van der Waals surface area contributed by atoms with Crippen molar-refractivity contribution in [2.24, 2.45) is 0 Å². The number of benzene rings is 1. The summed E-state index contributed by atoms with van der Waals surface area (Å²) in [6.45, 7) is 2.82. The lowest BCUT2D eigenvalue weighted by atomic mass is 10.1. The number of hydrogen-bond acceptors (Lipinski definition) is 1. The first-order valence-corrected chi connectivity index (χ1v) is 9.10. The molecule has 0 spiro atoms. The molecule has 1 atom stereocenters. The highest BCUT2D eigenvalue weighted by molar-refractivity contribution is 5.75. The van der Waals surface area contributed by atoms with Crippen molar-refractivity contribution in [3.8, 4) is 5.69 Å². The zero-order valence-corrected chi connectivity index (χ0v) is 14.2. The van der Waals surface area contributed by atoms with Crippen LogP contribution in [0, 0.1) is 0 Å². The maximum absolute atomic E-state index is 13.0. The van der Waals surface area contributed by atoms with Gasteiger partial charge < -0.3 is 14.8 Å². The average molecular weight is 323 g/mol. The summed E-state index contributed by atoms with van der Waals surface area (Å²) in [4.78, 5) is 15.0. The first kappa shape index (κ1) is 15.3. The summed E-state index contributed by atoms with van der Waals surface area (Å²) in [6, 6.07) is 13.2. The van der Waals surface area contributed by atoms with Crippen molar-refractivity contribution in [2.45, 2.75) is 57.7 Å². The summed E-state index contributed by atoms with van der Waals surface area (Å²) in [5.41, 5.74) is 3.59. The lowest BCUT2D eigenvalue weighted by Gasteiger charge is -2.31. The molecule has 0 saturated heterocycles. The Balaban J connectivity index is 1.70. The second-order valence-corrected chi connectivity index (χ2v) is 6.91. The highest BCUT2D eigenvalue weighted by atomic mass is 16.2. The van der Waals surface area contributed by atoms with Crippen LogP contribution in [-0.4, -0.2) is 21.5 Å². The van der Waals surface area contributed by atoms with Gasteiger partial charge in [0.05, 0.1) is 18.3 Å². The van der Waals surface area contributed by atoms with Gasteiger partial charge in [-0.05, 0) is 43.0 Å². The number of amides is 2. The van der Waals surface area contributed by atoms with Gasteiger partial charge in [-0.3, -0.25) is 0 Å². The maximum Gasteiger partial charge on any atom is 0.318 e. The van der Waals surface area contributed by atoms with Gasteiger partial charge in [0.1, 0.15) is 0 Å². The van der Waals surface area contributed by atoms with Crippen LogP contribution in [0.15, 0.2) is 42.6 Å². The first-order chi connectivity index (χ1) is 11.8. The third-order valence-electron chi connectivity index (χ3n) is 5.42. The Morgan fingerprint density at radius 3 is 2.75 bits per heavy atom. The van der Waals surface area contributed by atoms with Gasteiger partial charge in [0, 0.05) is 17.9 Å². The Kier molecular flexibility index (Phi) is 4.05. The van der Waals surface area contributed by atoms with Gasteiger partial charge in [0.25, 0.3) is 0 Å². The highest BCUT2D eigenvalue weighted by Gasteiger charge is 2.31. The largest absolute Gasteiger partial charge is 0.335 e. The molecular formula is C20H25N3O. The van der Waals surface area contributed by atoms with E-state index < -0.39 is 0 Å². The van der Waals surface area contributed by atoms with Crippen LogP contribution in [0.1, 0.15) is 56.3 Å². The SMILES string of the molecule is CCC1c2cccn2-c2ccccc2CN1C(=O)NC1CCCC1. The molecule has 1 aliphatic carbocycles. The van der Waals surface area contributed by atoms with Crippen LogP contribution in [-0.2, 0) is 6.54 Å². The number of nitrogens with zero attached hydrogens (tertiary/aromatic N) is 2. The summed E-state index contributed by atoms with van der Waals surface area (Å²) in [5.74, 6) is 0. The molecule has 24 heavy (non-hydrogen) atoms. The van der Waals surface area contributed by atoms with Gasteiger partial charge in [-0.1, -0.05) is 38.0 Å². The predicted molar refractivity (Wildman–Crippen MR) is 95.1 cm³/mol. The number of para-hydroxylation sites is 1. The van der Waals surface area contributed by atoms with Crippen molar-refractivity contribution in [3.05, 3.63) is 53.9 Å². The molecule has 2 heterocycles. The lowest BCUT2D eigenvalue weighted by Crippen LogP contribution is -2.45. The molecule has 1 aromatic heterocycles. The third-order valence-corrected chi connectivity index (χ3v) is 5.42. The monoisotopic (exact) mass is 323 g/mol. The van der Waals surface area contributed by atoms with E-state index in [0.29, 0.717) is 12.6 Å². The van der Waals surface area contributed by atoms with Crippen molar-refractivity contribution >= 4 is 6.03 Å². The van der Waals surface area contributed by atoms with E-state index in [1.165, 1.54) is 29.8 Å². The summed E-state index contributed by atoms with van der Waals surface area (Å²) in [5, 5.41) is 3.27. The van der Waals surface area contributed by atoms with Crippen molar-refractivity contribution in [1.82, 2.24) is 14.8 Å². The molecule has 126 valence electrons. The van der Waals surface area contributed by atoms with Gasteiger partial charge in [-0.15, -0.1) is 0 Å². The summed E-state index contributed by atoms with van der Waals surface area (Å²) >= 11 is 0. The van der Waals surface area contributed by atoms with Crippen LogP contribution in [0.2, 0.25) is 0 Å². The van der Waals surface area contributed by atoms with Crippen LogP contribution in [0.3, 0.4) is 0 Å². The fourth-order valence-electron chi connectivity index (χ4n) is 4.19. The summed E-state index contributed by atoms with van der Waals surface area (Å²) < 4.78 is 2.24. The molecule has 4 nitrogen and oxygen atoms in total. The van der Waals surface area contributed by atoms with Crippen LogP contribution in [0.4, 0.5) is 4.79 Å². The van der Waals surface area contributed by atoms with E-state index in [1.54, 1.807) is 0 Å². The molecule has 4 heteroatoms. The molecule has 2 amide bonds. The molecule has 4 rings (SSSR count). The molecule has 1 N–H and O–H groups in total. The van der Waals surface area contributed by atoms with Crippen LogP contribution < -0.4 is 5.32 Å². The topological polar surface area (TPSA) is 37.3 Å². The fraction of sp³-hybridized carbons (Fsp3) is 0.450. The molecule has 2 aliphatic rings. The number of urea groups is 1. The third kappa shape index (κ3) is 2.60. The van der Waals surface area contributed by atoms with E-state index in [0.717, 1.165) is 19.3 Å². The predicted octanol–water partition coefficient (Wildman–Crippen LogP) is 4.40. The number of hydrogen-bond donors (Lipinski definition) is 1.